The lowest BCUT2D eigenvalue weighted by molar-refractivity contribution is 0.200. The minimum absolute atomic E-state index is 0.294. The largest absolute Gasteiger partial charge is 0.382 e. The Morgan fingerprint density at radius 1 is 1.35 bits per heavy atom. The summed E-state index contributed by atoms with van der Waals surface area (Å²) in [5.41, 5.74) is 0.296. The Labute approximate surface area is 97.3 Å². The normalized spacial score (nSPS) is 12.8. The second kappa shape index (κ2) is 4.25. The fraction of sp³-hybridized carbons (Fsp3) is 0.250. The smallest absolute Gasteiger partial charge is 0.135 e. The van der Waals surface area contributed by atoms with Gasteiger partial charge in [-0.1, -0.05) is 6.07 Å². The van der Waals surface area contributed by atoms with E-state index in [1.807, 2.05) is 0 Å². The first-order valence-corrected chi connectivity index (χ1v) is 5.11. The van der Waals surface area contributed by atoms with Crippen molar-refractivity contribution in [2.45, 2.75) is 13.0 Å². The van der Waals surface area contributed by atoms with Crippen molar-refractivity contribution in [1.29, 1.82) is 0 Å². The van der Waals surface area contributed by atoms with Gasteiger partial charge in [0.05, 0.1) is 23.8 Å². The molecule has 1 aromatic carbocycles. The zero-order valence-electron chi connectivity index (χ0n) is 9.48. The van der Waals surface area contributed by atoms with Crippen LogP contribution in [0.25, 0.3) is 0 Å². The topological polar surface area (TPSA) is 38.1 Å². The van der Waals surface area contributed by atoms with Crippen molar-refractivity contribution < 1.29 is 13.9 Å². The van der Waals surface area contributed by atoms with Crippen LogP contribution in [0.1, 0.15) is 22.9 Å². The van der Waals surface area contributed by atoms with Crippen LogP contribution in [0.5, 0.6) is 0 Å². The molecule has 1 atom stereocenters. The summed E-state index contributed by atoms with van der Waals surface area (Å²) in [6, 6.07) is 2.48. The number of aliphatic hydroxyl groups excluding tert-OH is 1. The maximum absolute atomic E-state index is 13.8. The zero-order valence-corrected chi connectivity index (χ0v) is 9.48. The van der Waals surface area contributed by atoms with Gasteiger partial charge in [-0.25, -0.2) is 13.8 Å². The predicted molar refractivity (Wildman–Crippen MR) is 58.4 cm³/mol. The summed E-state index contributed by atoms with van der Waals surface area (Å²) < 4.78 is 28.9. The lowest BCUT2D eigenvalue weighted by Crippen LogP contribution is -2.10. The summed E-state index contributed by atoms with van der Waals surface area (Å²) in [4.78, 5) is 3.81. The van der Waals surface area contributed by atoms with E-state index in [1.165, 1.54) is 30.1 Å². The number of imidazole rings is 1. The molecule has 1 heterocycles. The van der Waals surface area contributed by atoms with Crippen molar-refractivity contribution in [3.05, 3.63) is 53.1 Å². The van der Waals surface area contributed by atoms with Crippen LogP contribution in [0.15, 0.2) is 24.7 Å². The quantitative estimate of drug-likeness (QED) is 0.870. The maximum atomic E-state index is 13.8. The molecule has 0 saturated heterocycles. The van der Waals surface area contributed by atoms with Crippen molar-refractivity contribution in [3.8, 4) is 0 Å². The number of halogens is 2. The summed E-state index contributed by atoms with van der Waals surface area (Å²) in [6.45, 7) is 1.52. The van der Waals surface area contributed by atoms with Crippen LogP contribution >= 0.6 is 0 Å². The van der Waals surface area contributed by atoms with E-state index in [-0.39, 0.29) is 5.56 Å². The van der Waals surface area contributed by atoms with Gasteiger partial charge in [-0.3, -0.25) is 0 Å². The van der Waals surface area contributed by atoms with Gasteiger partial charge in [0.15, 0.2) is 0 Å². The molecule has 0 amide bonds. The van der Waals surface area contributed by atoms with Gasteiger partial charge >= 0.3 is 0 Å². The highest BCUT2D eigenvalue weighted by atomic mass is 19.1. The molecule has 0 bridgehead atoms. The van der Waals surface area contributed by atoms with Crippen molar-refractivity contribution in [1.82, 2.24) is 9.55 Å². The molecule has 0 spiro atoms. The summed E-state index contributed by atoms with van der Waals surface area (Å²) in [7, 11) is 1.65. The summed E-state index contributed by atoms with van der Waals surface area (Å²) >= 11 is 0. The number of hydrogen-bond donors (Lipinski definition) is 1. The molecule has 17 heavy (non-hydrogen) atoms. The molecule has 0 fully saturated rings. The van der Waals surface area contributed by atoms with Gasteiger partial charge in [0, 0.05) is 7.05 Å². The fourth-order valence-corrected chi connectivity index (χ4v) is 1.71. The molecule has 2 aromatic rings. The number of aryl methyl sites for hydroxylation is 2. The van der Waals surface area contributed by atoms with Gasteiger partial charge in [0.1, 0.15) is 17.7 Å². The first-order chi connectivity index (χ1) is 8.02. The average Bonchev–Trinajstić information content (AvgIpc) is 2.70. The minimum Gasteiger partial charge on any atom is -0.382 e. The molecular weight excluding hydrogens is 226 g/mol. The van der Waals surface area contributed by atoms with Gasteiger partial charge in [-0.2, -0.15) is 0 Å². The van der Waals surface area contributed by atoms with Crippen LogP contribution in [0.4, 0.5) is 8.78 Å². The first-order valence-electron chi connectivity index (χ1n) is 5.11. The number of rotatable bonds is 2. The number of aromatic nitrogens is 2. The molecule has 90 valence electrons. The van der Waals surface area contributed by atoms with Gasteiger partial charge in [0.2, 0.25) is 0 Å². The Morgan fingerprint density at radius 3 is 2.65 bits per heavy atom. The fourth-order valence-electron chi connectivity index (χ4n) is 1.71. The highest BCUT2D eigenvalue weighted by molar-refractivity contribution is 5.32. The van der Waals surface area contributed by atoms with E-state index in [2.05, 4.69) is 4.98 Å². The van der Waals surface area contributed by atoms with Crippen molar-refractivity contribution in [3.63, 3.8) is 0 Å². The molecule has 0 aliphatic carbocycles. The Balaban J connectivity index is 2.55. The highest BCUT2D eigenvalue weighted by Gasteiger charge is 2.23. The molecule has 1 aromatic heterocycles. The van der Waals surface area contributed by atoms with Crippen molar-refractivity contribution >= 4 is 0 Å². The molecule has 0 aliphatic heterocycles. The molecule has 2 rings (SSSR count). The first kappa shape index (κ1) is 11.7. The third-order valence-electron chi connectivity index (χ3n) is 2.73. The number of nitrogens with zero attached hydrogens (tertiary/aromatic N) is 2. The molecule has 1 unspecified atom stereocenters. The molecular formula is C12H12F2N2O. The van der Waals surface area contributed by atoms with Crippen molar-refractivity contribution in [2.24, 2.45) is 7.05 Å². The van der Waals surface area contributed by atoms with Crippen LogP contribution in [-0.2, 0) is 7.05 Å². The molecule has 0 radical (unpaired) electrons. The zero-order chi connectivity index (χ0) is 12.6. The molecule has 5 heteroatoms. The standard InChI is InChI=1S/C12H12F2N2O/c1-7-3-4-8(13)10(11(7)14)12(17)9-5-15-6-16(9)2/h3-6,12,17H,1-2H3. The van der Waals surface area contributed by atoms with Crippen LogP contribution in [0.3, 0.4) is 0 Å². The van der Waals surface area contributed by atoms with Crippen LogP contribution < -0.4 is 0 Å². The van der Waals surface area contributed by atoms with Crippen molar-refractivity contribution in [2.75, 3.05) is 0 Å². The third-order valence-corrected chi connectivity index (χ3v) is 2.73. The SMILES string of the molecule is Cc1ccc(F)c(C(O)c2cncn2C)c1F. The summed E-state index contributed by atoms with van der Waals surface area (Å²) in [5, 5.41) is 10.0. The Bertz CT molecular complexity index is 551. The number of aliphatic hydroxyl groups is 1. The van der Waals surface area contributed by atoms with Gasteiger partial charge in [0.25, 0.3) is 0 Å². The minimum atomic E-state index is -1.36. The highest BCUT2D eigenvalue weighted by Crippen LogP contribution is 2.27. The molecule has 0 saturated carbocycles. The summed E-state index contributed by atoms with van der Waals surface area (Å²) in [5.74, 6) is -1.49. The van der Waals surface area contributed by atoms with E-state index < -0.39 is 17.7 Å². The van der Waals surface area contributed by atoms with E-state index in [4.69, 9.17) is 0 Å². The monoisotopic (exact) mass is 238 g/mol. The Morgan fingerprint density at radius 2 is 2.06 bits per heavy atom. The second-order valence-electron chi connectivity index (χ2n) is 3.92. The molecule has 1 N–H and O–H groups in total. The maximum Gasteiger partial charge on any atom is 0.135 e. The Hall–Kier alpha value is -1.75. The van der Waals surface area contributed by atoms with E-state index >= 15 is 0 Å². The second-order valence-corrected chi connectivity index (χ2v) is 3.92. The lowest BCUT2D eigenvalue weighted by Gasteiger charge is -2.14. The molecule has 3 nitrogen and oxygen atoms in total. The van der Waals surface area contributed by atoms with E-state index in [0.717, 1.165) is 6.07 Å². The number of benzene rings is 1. The molecule has 0 aliphatic rings. The summed E-state index contributed by atoms with van der Waals surface area (Å²) in [6.07, 6.45) is 1.48. The Kier molecular flexibility index (Phi) is 2.93. The average molecular weight is 238 g/mol. The van der Waals surface area contributed by atoms with Gasteiger partial charge in [-0.15, -0.1) is 0 Å². The third kappa shape index (κ3) is 1.93. The lowest BCUT2D eigenvalue weighted by atomic mass is 10.0. The predicted octanol–water partition coefficient (Wildman–Crippen LogP) is 2.09. The van der Waals surface area contributed by atoms with E-state index in [9.17, 15) is 13.9 Å². The van der Waals surface area contributed by atoms with E-state index in [0.29, 0.717) is 11.3 Å². The van der Waals surface area contributed by atoms with Gasteiger partial charge < -0.3 is 9.67 Å². The van der Waals surface area contributed by atoms with Gasteiger partial charge in [-0.05, 0) is 18.6 Å². The van der Waals surface area contributed by atoms with E-state index in [1.54, 1.807) is 7.05 Å². The number of hydrogen-bond acceptors (Lipinski definition) is 2. The van der Waals surface area contributed by atoms with Crippen LogP contribution in [0.2, 0.25) is 0 Å². The van der Waals surface area contributed by atoms with Crippen LogP contribution in [0, 0.1) is 18.6 Å². The van der Waals surface area contributed by atoms with Crippen LogP contribution in [-0.4, -0.2) is 14.7 Å².